The van der Waals surface area contributed by atoms with E-state index in [1.54, 1.807) is 0 Å². The summed E-state index contributed by atoms with van der Waals surface area (Å²) in [5.41, 5.74) is -2.39. The molecule has 1 rings (SSSR count). The predicted octanol–water partition coefficient (Wildman–Crippen LogP) is 4.46. The number of alkyl halides is 2. The molecule has 0 amide bonds. The lowest BCUT2D eigenvalue weighted by atomic mass is 10.0. The fraction of sp³-hybridized carbons (Fsp3) is 0.818. The van der Waals surface area contributed by atoms with Crippen LogP contribution < -0.4 is 0 Å². The minimum absolute atomic E-state index is 0.105. The molecule has 0 unspecified atom stereocenters. The third-order valence-electron chi connectivity index (χ3n) is 2.87. The molecule has 0 atom stereocenters. The Labute approximate surface area is 86.5 Å². The third kappa shape index (κ3) is 3.02. The average molecular weight is 220 g/mol. The molecular formula is C11H19F2P. The predicted molar refractivity (Wildman–Crippen MR) is 59.4 cm³/mol. The van der Waals surface area contributed by atoms with E-state index in [1.165, 1.54) is 0 Å². The van der Waals surface area contributed by atoms with Crippen LogP contribution in [0.5, 0.6) is 0 Å². The van der Waals surface area contributed by atoms with Gasteiger partial charge in [0.15, 0.2) is 0 Å². The molecule has 0 aliphatic heterocycles. The van der Waals surface area contributed by atoms with Crippen molar-refractivity contribution in [3.8, 4) is 0 Å². The molecule has 1 aliphatic rings. The zero-order chi connectivity index (χ0) is 10.6. The molecule has 0 spiro atoms. The lowest BCUT2D eigenvalue weighted by molar-refractivity contribution is 0.0694. The van der Waals surface area contributed by atoms with Crippen molar-refractivity contribution < 1.29 is 8.78 Å². The molecule has 0 saturated heterocycles. The molecule has 0 radical (unpaired) electrons. The van der Waals surface area contributed by atoms with E-state index in [0.29, 0.717) is 12.3 Å². The summed E-state index contributed by atoms with van der Waals surface area (Å²) in [5, 5.41) is 0. The molecule has 0 aromatic rings. The first-order chi connectivity index (χ1) is 6.60. The Hall–Kier alpha value is 0.0300. The summed E-state index contributed by atoms with van der Waals surface area (Å²) in [6.07, 6.45) is 7.17. The maximum absolute atomic E-state index is 13.7. The van der Waals surface area contributed by atoms with Gasteiger partial charge in [-0.25, -0.2) is 8.78 Å². The number of allylic oxidation sites excluding steroid dienone is 2. The third-order valence-corrected chi connectivity index (χ3v) is 5.50. The van der Waals surface area contributed by atoms with Crippen molar-refractivity contribution >= 4 is 7.92 Å². The molecular weight excluding hydrogens is 201 g/mol. The molecule has 0 aromatic carbocycles. The summed E-state index contributed by atoms with van der Waals surface area (Å²) in [6, 6.07) is 0. The van der Waals surface area contributed by atoms with Crippen molar-refractivity contribution in [1.29, 1.82) is 0 Å². The van der Waals surface area contributed by atoms with Gasteiger partial charge < -0.3 is 0 Å². The van der Waals surface area contributed by atoms with Crippen molar-refractivity contribution in [3.63, 3.8) is 0 Å². The molecule has 0 nitrogen and oxygen atoms in total. The van der Waals surface area contributed by atoms with E-state index in [-0.39, 0.29) is 12.3 Å². The molecule has 0 N–H and O–H groups in total. The molecule has 3 heteroatoms. The molecule has 0 bridgehead atoms. The first kappa shape index (κ1) is 12.1. The van der Waals surface area contributed by atoms with Crippen molar-refractivity contribution in [1.82, 2.24) is 0 Å². The van der Waals surface area contributed by atoms with Crippen molar-refractivity contribution in [3.05, 3.63) is 12.2 Å². The largest absolute Gasteiger partial charge is 0.264 e. The number of hydrogen-bond donors (Lipinski definition) is 0. The Bertz CT molecular complexity index is 189. The van der Waals surface area contributed by atoms with Gasteiger partial charge in [0.05, 0.1) is 0 Å². The first-order valence-corrected chi connectivity index (χ1v) is 7.09. The summed E-state index contributed by atoms with van der Waals surface area (Å²) in [7, 11) is -1.08. The average Bonchev–Trinajstić information content (AvgIpc) is 2.57. The molecule has 82 valence electrons. The van der Waals surface area contributed by atoms with Gasteiger partial charge in [0, 0.05) is 6.42 Å². The zero-order valence-corrected chi connectivity index (χ0v) is 9.87. The topological polar surface area (TPSA) is 0 Å². The summed E-state index contributed by atoms with van der Waals surface area (Å²) >= 11 is 0. The van der Waals surface area contributed by atoms with Gasteiger partial charge >= 0.3 is 0 Å². The summed E-state index contributed by atoms with van der Waals surface area (Å²) in [5.74, 6) is 0.202. The second-order valence-electron chi connectivity index (χ2n) is 3.85. The second-order valence-corrected chi connectivity index (χ2v) is 6.85. The van der Waals surface area contributed by atoms with Crippen LogP contribution in [0.1, 0.15) is 33.1 Å². The summed E-state index contributed by atoms with van der Waals surface area (Å²) in [4.78, 5) is 0. The van der Waals surface area contributed by atoms with Gasteiger partial charge in [-0.15, -0.1) is 0 Å². The van der Waals surface area contributed by atoms with Crippen LogP contribution in [0.15, 0.2) is 12.2 Å². The fourth-order valence-electron chi connectivity index (χ4n) is 2.00. The number of rotatable bonds is 5. The molecule has 0 aromatic heterocycles. The molecule has 1 aliphatic carbocycles. The van der Waals surface area contributed by atoms with Crippen LogP contribution >= 0.6 is 7.92 Å². The lowest BCUT2D eigenvalue weighted by Gasteiger charge is -2.27. The van der Waals surface area contributed by atoms with E-state index in [9.17, 15) is 8.78 Å². The highest BCUT2D eigenvalue weighted by Gasteiger charge is 2.38. The fourth-order valence-corrected chi connectivity index (χ4v) is 3.89. The summed E-state index contributed by atoms with van der Waals surface area (Å²) in [6.45, 7) is 3.77. The normalized spacial score (nSPS) is 18.4. The van der Waals surface area contributed by atoms with Crippen molar-refractivity contribution in [2.24, 2.45) is 5.92 Å². The maximum Gasteiger partial charge on any atom is 0.264 e. The maximum atomic E-state index is 13.7. The van der Waals surface area contributed by atoms with Gasteiger partial charge in [-0.3, -0.25) is 0 Å². The minimum Gasteiger partial charge on any atom is -0.202 e. The summed E-state index contributed by atoms with van der Waals surface area (Å²) < 4.78 is 27.5. The first-order valence-electron chi connectivity index (χ1n) is 5.38. The molecule has 0 heterocycles. The minimum atomic E-state index is -2.39. The van der Waals surface area contributed by atoms with E-state index in [1.807, 2.05) is 26.0 Å². The number of hydrogen-bond acceptors (Lipinski definition) is 0. The van der Waals surface area contributed by atoms with Gasteiger partial charge in [-0.2, -0.15) is 0 Å². The van der Waals surface area contributed by atoms with Crippen LogP contribution in [-0.4, -0.2) is 18.0 Å². The Morgan fingerprint density at radius 3 is 2.14 bits per heavy atom. The smallest absolute Gasteiger partial charge is 0.202 e. The van der Waals surface area contributed by atoms with Crippen LogP contribution in [-0.2, 0) is 0 Å². The Balaban J connectivity index is 2.46. The highest BCUT2D eigenvalue weighted by molar-refractivity contribution is 7.58. The van der Waals surface area contributed by atoms with Crippen molar-refractivity contribution in [2.75, 3.05) is 12.3 Å². The quantitative estimate of drug-likeness (QED) is 0.474. The van der Waals surface area contributed by atoms with Crippen LogP contribution in [0.4, 0.5) is 8.78 Å². The van der Waals surface area contributed by atoms with Gasteiger partial charge in [0.25, 0.3) is 5.66 Å². The van der Waals surface area contributed by atoms with Gasteiger partial charge in [-0.1, -0.05) is 26.0 Å². The van der Waals surface area contributed by atoms with Gasteiger partial charge in [0.1, 0.15) is 0 Å². The SMILES string of the molecule is CCP(CC)C(F)(F)CC1CC=CC1. The van der Waals surface area contributed by atoms with Gasteiger partial charge in [-0.05, 0) is 39.0 Å². The van der Waals surface area contributed by atoms with Gasteiger partial charge in [0.2, 0.25) is 0 Å². The van der Waals surface area contributed by atoms with Crippen LogP contribution in [0, 0.1) is 5.92 Å². The Morgan fingerprint density at radius 2 is 1.71 bits per heavy atom. The van der Waals surface area contributed by atoms with E-state index < -0.39 is 13.6 Å². The number of halogens is 2. The van der Waals surface area contributed by atoms with E-state index in [4.69, 9.17) is 0 Å². The molecule has 0 saturated carbocycles. The monoisotopic (exact) mass is 220 g/mol. The van der Waals surface area contributed by atoms with Crippen LogP contribution in [0.25, 0.3) is 0 Å². The van der Waals surface area contributed by atoms with E-state index in [2.05, 4.69) is 0 Å². The Kier molecular flexibility index (Phi) is 4.50. The van der Waals surface area contributed by atoms with Crippen LogP contribution in [0.2, 0.25) is 0 Å². The Morgan fingerprint density at radius 1 is 1.21 bits per heavy atom. The highest BCUT2D eigenvalue weighted by Crippen LogP contribution is 2.55. The second kappa shape index (κ2) is 5.21. The van der Waals surface area contributed by atoms with E-state index >= 15 is 0 Å². The lowest BCUT2D eigenvalue weighted by Crippen LogP contribution is -2.19. The molecule has 14 heavy (non-hydrogen) atoms. The van der Waals surface area contributed by atoms with Crippen molar-refractivity contribution in [2.45, 2.75) is 38.8 Å². The van der Waals surface area contributed by atoms with Crippen LogP contribution in [0.3, 0.4) is 0 Å². The van der Waals surface area contributed by atoms with E-state index in [0.717, 1.165) is 12.8 Å². The standard InChI is InChI=1S/C11H19F2P/c1-3-14(4-2)11(12,13)9-10-7-5-6-8-10/h5-6,10H,3-4,7-9H2,1-2H3. The highest BCUT2D eigenvalue weighted by atomic mass is 31.1. The molecule has 0 fully saturated rings. The zero-order valence-electron chi connectivity index (χ0n) is 8.97.